The van der Waals surface area contributed by atoms with Crippen LogP contribution in [0.4, 0.5) is 5.13 Å². The van der Waals surface area contributed by atoms with Crippen LogP contribution in [0.1, 0.15) is 12.6 Å². The molecule has 0 aromatic carbocycles. The molecular formula is C24H25N8O7S3+. The van der Waals surface area contributed by atoms with E-state index in [4.69, 9.17) is 15.7 Å². The lowest BCUT2D eigenvalue weighted by atomic mass is 10.0. The Kier molecular flexibility index (Phi) is 8.11. The number of aliphatic carboxylic acids is 2. The molecule has 220 valence electrons. The van der Waals surface area contributed by atoms with E-state index in [-0.39, 0.29) is 22.2 Å². The number of thioether (sulfide) groups is 2. The summed E-state index contributed by atoms with van der Waals surface area (Å²) in [7, 11) is 3.78. The molecule has 5 N–H and O–H groups in total. The summed E-state index contributed by atoms with van der Waals surface area (Å²) in [5, 5.41) is 27.0. The van der Waals surface area contributed by atoms with Crippen LogP contribution in [0, 0.1) is 0 Å². The molecule has 2 amide bonds. The molecule has 15 nitrogen and oxygen atoms in total. The van der Waals surface area contributed by atoms with Gasteiger partial charge in [0.15, 0.2) is 33.9 Å². The van der Waals surface area contributed by atoms with Gasteiger partial charge in [0.05, 0.1) is 5.52 Å². The molecule has 18 heteroatoms. The monoisotopic (exact) mass is 633 g/mol. The van der Waals surface area contributed by atoms with Crippen molar-refractivity contribution >= 4 is 80.5 Å². The zero-order chi connectivity index (χ0) is 30.3. The number of imidazole rings is 1. The van der Waals surface area contributed by atoms with E-state index in [0.717, 1.165) is 22.4 Å². The van der Waals surface area contributed by atoms with E-state index in [1.165, 1.54) is 40.7 Å². The number of carboxylic acids is 2. The number of oxime groups is 1. The maximum atomic E-state index is 13.2. The number of rotatable bonds is 10. The van der Waals surface area contributed by atoms with Gasteiger partial charge in [-0.2, -0.15) is 0 Å². The number of aromatic nitrogens is 4. The average molecular weight is 634 g/mol. The molecule has 1 fully saturated rings. The summed E-state index contributed by atoms with van der Waals surface area (Å²) in [6.07, 6.45) is 2.45. The lowest BCUT2D eigenvalue weighted by molar-refractivity contribution is -0.670. The molecule has 2 aliphatic heterocycles. The summed E-state index contributed by atoms with van der Waals surface area (Å²) in [5.74, 6) is -3.39. The number of fused-ring (bicyclic) bond motifs is 2. The number of nitrogen functional groups attached to an aromatic ring is 1. The smallest absolute Gasteiger partial charge is 0.352 e. The van der Waals surface area contributed by atoms with Crippen LogP contribution in [0.25, 0.3) is 11.0 Å². The van der Waals surface area contributed by atoms with Crippen molar-refractivity contribution in [2.24, 2.45) is 19.3 Å². The number of nitrogens with two attached hydrogens (primary N) is 1. The number of hydrogen-bond acceptors (Lipinski definition) is 12. The van der Waals surface area contributed by atoms with Crippen LogP contribution in [-0.4, -0.2) is 88.1 Å². The number of thiazole rings is 1. The van der Waals surface area contributed by atoms with E-state index < -0.39 is 41.3 Å². The van der Waals surface area contributed by atoms with Gasteiger partial charge in [0.25, 0.3) is 11.8 Å². The Balaban J connectivity index is 1.32. The van der Waals surface area contributed by atoms with Crippen LogP contribution in [-0.2, 0) is 38.1 Å². The van der Waals surface area contributed by atoms with Gasteiger partial charge in [0, 0.05) is 30.0 Å². The Hall–Kier alpha value is -4.16. The van der Waals surface area contributed by atoms with Gasteiger partial charge in [-0.15, -0.1) is 23.1 Å². The number of carboxylic acid groups (broad SMARTS) is 2. The van der Waals surface area contributed by atoms with Crippen molar-refractivity contribution < 1.29 is 38.8 Å². The summed E-state index contributed by atoms with van der Waals surface area (Å²) >= 11 is 3.72. The van der Waals surface area contributed by atoms with Crippen LogP contribution < -0.4 is 15.6 Å². The molecule has 3 atom stereocenters. The molecular weight excluding hydrogens is 609 g/mol. The van der Waals surface area contributed by atoms with Crippen LogP contribution >= 0.6 is 34.9 Å². The Morgan fingerprint density at radius 1 is 1.36 bits per heavy atom. The zero-order valence-corrected chi connectivity index (χ0v) is 24.8. The van der Waals surface area contributed by atoms with Gasteiger partial charge < -0.3 is 30.7 Å². The van der Waals surface area contributed by atoms with E-state index >= 15 is 0 Å². The highest BCUT2D eigenvalue weighted by Gasteiger charge is 2.54. The highest BCUT2D eigenvalue weighted by molar-refractivity contribution is 8.01. The van der Waals surface area contributed by atoms with E-state index in [1.807, 2.05) is 41.7 Å². The van der Waals surface area contributed by atoms with Crippen molar-refractivity contribution in [3.05, 3.63) is 40.8 Å². The number of hydrogen-bond donors (Lipinski definition) is 4. The second kappa shape index (κ2) is 11.6. The average Bonchev–Trinajstić information content (AvgIpc) is 3.51. The fourth-order valence-corrected chi connectivity index (χ4v) is 7.31. The predicted molar refractivity (Wildman–Crippen MR) is 154 cm³/mol. The first kappa shape index (κ1) is 29.3. The minimum absolute atomic E-state index is 0.0358. The Bertz CT molecular complexity index is 1680. The first-order valence-corrected chi connectivity index (χ1v) is 15.2. The minimum Gasteiger partial charge on any atom is -0.478 e. The summed E-state index contributed by atoms with van der Waals surface area (Å²) in [6.45, 7) is 1.23. The largest absolute Gasteiger partial charge is 0.478 e. The highest BCUT2D eigenvalue weighted by atomic mass is 32.2. The second-order valence-corrected chi connectivity index (χ2v) is 12.3. The topological polar surface area (TPSA) is 206 Å². The molecule has 3 aromatic rings. The number of pyridine rings is 1. The summed E-state index contributed by atoms with van der Waals surface area (Å²) < 4.78 is 3.82. The standard InChI is InChI=1S/C24H24N8O7S3/c1-10(21(35)36)39-29-15(13-9-41-23(25)26-13)18(33)28-16-19(34)32-17(22(37)38)11(7-40-20(16)32)8-42-24-27-12-6-30(2)5-4-14(12)31(24)3/h4-6,9-10,16,20H,7-8H2,1-3H3,(H4-,25,26,28,33,35,36,37,38)/p+1/b29-15+/t10-,16?,20+/m0/s1. The lowest BCUT2D eigenvalue weighted by Crippen LogP contribution is -2.71. The number of β-lactam (4-membered cyclic amide) rings is 1. The van der Waals surface area contributed by atoms with Crippen LogP contribution in [0.3, 0.4) is 0 Å². The summed E-state index contributed by atoms with van der Waals surface area (Å²) in [4.78, 5) is 64.5. The molecule has 0 bridgehead atoms. The number of amides is 2. The van der Waals surface area contributed by atoms with Crippen molar-refractivity contribution in [1.29, 1.82) is 0 Å². The Morgan fingerprint density at radius 3 is 2.79 bits per heavy atom. The van der Waals surface area contributed by atoms with Gasteiger partial charge in [-0.1, -0.05) is 16.9 Å². The quantitative estimate of drug-likeness (QED) is 0.0775. The predicted octanol–water partition coefficient (Wildman–Crippen LogP) is 0.161. The third kappa shape index (κ3) is 5.51. The molecule has 42 heavy (non-hydrogen) atoms. The normalized spacial score (nSPS) is 19.4. The summed E-state index contributed by atoms with van der Waals surface area (Å²) in [5.41, 5.74) is 7.51. The van der Waals surface area contributed by atoms with Crippen molar-refractivity contribution in [3.63, 3.8) is 0 Å². The van der Waals surface area contributed by atoms with Gasteiger partial charge in [-0.05, 0) is 12.5 Å². The fourth-order valence-electron chi connectivity index (χ4n) is 4.29. The van der Waals surface area contributed by atoms with E-state index in [2.05, 4.69) is 20.4 Å². The third-order valence-electron chi connectivity index (χ3n) is 6.46. The molecule has 0 spiro atoms. The SMILES string of the molecule is C[C@H](O/N=C(/C(=O)NC1C(=O)N2C(C(=O)O)=C(CSc3nc4c[n+](C)ccc4n3C)CS[C@H]12)c1csc(N)n1)C(=O)O. The van der Waals surface area contributed by atoms with Crippen molar-refractivity contribution in [1.82, 2.24) is 24.8 Å². The number of anilines is 1. The van der Waals surface area contributed by atoms with Crippen LogP contribution in [0.15, 0.2) is 45.4 Å². The molecule has 2 aliphatic rings. The van der Waals surface area contributed by atoms with Gasteiger partial charge in [0.1, 0.15) is 29.9 Å². The summed E-state index contributed by atoms with van der Waals surface area (Å²) in [6, 6.07) is 0.894. The van der Waals surface area contributed by atoms with Gasteiger partial charge in [-0.25, -0.2) is 24.1 Å². The molecule has 0 saturated carbocycles. The van der Waals surface area contributed by atoms with E-state index in [1.54, 1.807) is 0 Å². The van der Waals surface area contributed by atoms with Crippen molar-refractivity contribution in [2.75, 3.05) is 17.2 Å². The first-order valence-electron chi connectivity index (χ1n) is 12.3. The van der Waals surface area contributed by atoms with E-state index in [0.29, 0.717) is 22.2 Å². The minimum atomic E-state index is -1.36. The van der Waals surface area contributed by atoms with Crippen LogP contribution in [0.2, 0.25) is 0 Å². The maximum absolute atomic E-state index is 13.2. The highest BCUT2D eigenvalue weighted by Crippen LogP contribution is 2.41. The molecule has 1 unspecified atom stereocenters. The van der Waals surface area contributed by atoms with E-state index in [9.17, 15) is 24.3 Å². The van der Waals surface area contributed by atoms with Gasteiger partial charge in [0.2, 0.25) is 6.10 Å². The number of aryl methyl sites for hydroxylation is 2. The maximum Gasteiger partial charge on any atom is 0.352 e. The fraction of sp³-hybridized carbons (Fsp3) is 0.333. The third-order valence-corrected chi connectivity index (χ3v) is 9.59. The lowest BCUT2D eigenvalue weighted by Gasteiger charge is -2.49. The zero-order valence-electron chi connectivity index (χ0n) is 22.4. The molecule has 3 aromatic heterocycles. The van der Waals surface area contributed by atoms with Gasteiger partial charge >= 0.3 is 11.9 Å². The molecule has 0 radical (unpaired) electrons. The number of carbonyl (C=O) groups excluding carboxylic acids is 2. The first-order chi connectivity index (χ1) is 20.0. The number of nitrogens with one attached hydrogen (secondary N) is 1. The van der Waals surface area contributed by atoms with Gasteiger partial charge in [-0.3, -0.25) is 14.5 Å². The molecule has 0 aliphatic carbocycles. The molecule has 5 heterocycles. The Labute approximate surface area is 250 Å². The Morgan fingerprint density at radius 2 is 2.12 bits per heavy atom. The van der Waals surface area contributed by atoms with Crippen molar-refractivity contribution in [3.8, 4) is 0 Å². The van der Waals surface area contributed by atoms with Crippen molar-refractivity contribution in [2.45, 2.75) is 29.6 Å². The molecule has 5 rings (SSSR count). The second-order valence-electron chi connectivity index (χ2n) is 9.34. The number of nitrogens with zero attached hydrogens (tertiary/aromatic N) is 6. The van der Waals surface area contributed by atoms with Crippen LogP contribution in [0.5, 0.6) is 0 Å². The molecule has 1 saturated heterocycles. The number of carbonyl (C=O) groups is 4.